The molecule has 0 aliphatic heterocycles. The summed E-state index contributed by atoms with van der Waals surface area (Å²) in [6.07, 6.45) is -3.21. The number of halogens is 3. The van der Waals surface area contributed by atoms with Crippen LogP contribution < -0.4 is 11.1 Å². The maximum absolute atomic E-state index is 13.8. The van der Waals surface area contributed by atoms with E-state index in [1.165, 1.54) is 13.1 Å². The second-order valence-corrected chi connectivity index (χ2v) is 9.10. The lowest BCUT2D eigenvalue weighted by atomic mass is 10.0. The summed E-state index contributed by atoms with van der Waals surface area (Å²) in [5, 5.41) is 11.0. The third kappa shape index (κ3) is 4.83. The molecule has 0 aromatic carbocycles. The molecule has 0 spiro atoms. The molecule has 3 N–H and O–H groups in total. The zero-order chi connectivity index (χ0) is 27.9. The Kier molecular flexibility index (Phi) is 6.97. The van der Waals surface area contributed by atoms with Gasteiger partial charge in [0.2, 0.25) is 0 Å². The topological polar surface area (TPSA) is 147 Å². The number of carbonyl (C=O) groups excluding carboxylic acids is 3. The fourth-order valence-corrected chi connectivity index (χ4v) is 4.85. The zero-order valence-electron chi connectivity index (χ0n) is 20.6. The number of anilines is 1. The van der Waals surface area contributed by atoms with E-state index in [0.717, 1.165) is 10.7 Å². The van der Waals surface area contributed by atoms with E-state index in [1.807, 2.05) is 6.92 Å². The molecule has 200 valence electrons. The maximum Gasteiger partial charge on any atom is 0.433 e. The average Bonchev–Trinajstić information content (AvgIpc) is 3.53. The van der Waals surface area contributed by atoms with Gasteiger partial charge in [0.25, 0.3) is 11.8 Å². The molecular formula is C23H22F3N7O4S. The van der Waals surface area contributed by atoms with Gasteiger partial charge in [-0.3, -0.25) is 19.0 Å². The van der Waals surface area contributed by atoms with Gasteiger partial charge in [0.05, 0.1) is 18.0 Å². The predicted octanol–water partition coefficient (Wildman–Crippen LogP) is 3.77. The number of nitrogens with one attached hydrogen (secondary N) is 1. The summed E-state index contributed by atoms with van der Waals surface area (Å²) >= 11 is 0.619. The minimum atomic E-state index is -4.78. The number of nitrogens with two attached hydrogens (primary N) is 1. The number of alkyl halides is 3. The molecule has 0 fully saturated rings. The largest absolute Gasteiger partial charge is 0.461 e. The van der Waals surface area contributed by atoms with E-state index >= 15 is 0 Å². The lowest BCUT2D eigenvalue weighted by Crippen LogP contribution is -2.17. The molecule has 0 unspecified atom stereocenters. The summed E-state index contributed by atoms with van der Waals surface area (Å²) in [6.45, 7) is 5.64. The number of rotatable bonds is 7. The maximum atomic E-state index is 13.8. The number of primary amides is 1. The van der Waals surface area contributed by atoms with Gasteiger partial charge in [0.1, 0.15) is 21.1 Å². The van der Waals surface area contributed by atoms with Crippen LogP contribution in [0.1, 0.15) is 55.9 Å². The van der Waals surface area contributed by atoms with Gasteiger partial charge in [0.15, 0.2) is 5.69 Å². The Hall–Kier alpha value is -4.27. The molecule has 0 aliphatic rings. The van der Waals surface area contributed by atoms with Crippen LogP contribution in [0.2, 0.25) is 0 Å². The Morgan fingerprint density at radius 2 is 1.87 bits per heavy atom. The van der Waals surface area contributed by atoms with Crippen LogP contribution in [0, 0.1) is 6.92 Å². The number of thiophene rings is 1. The van der Waals surface area contributed by atoms with Crippen molar-refractivity contribution in [1.82, 2.24) is 24.5 Å². The summed E-state index contributed by atoms with van der Waals surface area (Å²) in [7, 11) is 1.44. The van der Waals surface area contributed by atoms with Crippen molar-refractivity contribution in [2.75, 3.05) is 11.9 Å². The van der Waals surface area contributed by atoms with Crippen LogP contribution >= 0.6 is 11.3 Å². The first-order chi connectivity index (χ1) is 17.8. The molecule has 0 bridgehead atoms. The molecule has 15 heteroatoms. The second kappa shape index (κ2) is 9.89. The highest BCUT2D eigenvalue weighted by Crippen LogP contribution is 2.44. The number of aromatic nitrogens is 5. The minimum absolute atomic E-state index is 0.00193. The van der Waals surface area contributed by atoms with Crippen molar-refractivity contribution in [1.29, 1.82) is 0 Å². The van der Waals surface area contributed by atoms with E-state index in [-0.39, 0.29) is 44.3 Å². The number of aryl methyl sites for hydroxylation is 3. The number of fused-ring (bicyclic) bond motifs is 1. The molecule has 11 nitrogen and oxygen atoms in total. The van der Waals surface area contributed by atoms with Crippen molar-refractivity contribution in [2.45, 2.75) is 33.5 Å². The summed E-state index contributed by atoms with van der Waals surface area (Å²) in [5.74, 6) is -2.50. The molecule has 0 saturated heterocycles. The quantitative estimate of drug-likeness (QED) is 0.334. The van der Waals surface area contributed by atoms with Crippen LogP contribution in [0.4, 0.5) is 18.9 Å². The van der Waals surface area contributed by atoms with E-state index in [4.69, 9.17) is 10.5 Å². The van der Waals surface area contributed by atoms with Gasteiger partial charge in [0, 0.05) is 36.8 Å². The molecule has 2 amide bonds. The Balaban J connectivity index is 1.92. The summed E-state index contributed by atoms with van der Waals surface area (Å²) in [4.78, 5) is 41.0. The number of nitrogens with zero attached hydrogens (tertiary/aromatic N) is 5. The molecule has 0 aliphatic carbocycles. The molecule has 0 atom stereocenters. The normalized spacial score (nSPS) is 11.7. The van der Waals surface area contributed by atoms with E-state index in [0.29, 0.717) is 29.1 Å². The number of ether oxygens (including phenoxy) is 1. The number of esters is 1. The third-order valence-electron chi connectivity index (χ3n) is 5.57. The number of amides is 2. The SMILES string of the molecule is CCOC(=O)c1cc(C(=O)Nc2c(C(N)=O)sc3nc(C(F)(F)F)cc(-c4cn(CC)nc4C)c23)nn1C. The van der Waals surface area contributed by atoms with E-state index in [1.54, 1.807) is 24.7 Å². The van der Waals surface area contributed by atoms with Gasteiger partial charge in [-0.1, -0.05) is 0 Å². The van der Waals surface area contributed by atoms with Gasteiger partial charge in [-0.15, -0.1) is 11.3 Å². The summed E-state index contributed by atoms with van der Waals surface area (Å²) in [6, 6.07) is 2.04. The smallest absolute Gasteiger partial charge is 0.433 e. The Morgan fingerprint density at radius 3 is 2.45 bits per heavy atom. The Labute approximate surface area is 217 Å². The molecule has 38 heavy (non-hydrogen) atoms. The van der Waals surface area contributed by atoms with Crippen molar-refractivity contribution in [3.05, 3.63) is 46.0 Å². The summed E-state index contributed by atoms with van der Waals surface area (Å²) < 4.78 is 48.9. The van der Waals surface area contributed by atoms with Crippen molar-refractivity contribution >= 4 is 45.0 Å². The highest BCUT2D eigenvalue weighted by atomic mass is 32.1. The second-order valence-electron chi connectivity index (χ2n) is 8.10. The average molecular weight is 550 g/mol. The van der Waals surface area contributed by atoms with Crippen molar-refractivity contribution in [3.63, 3.8) is 0 Å². The van der Waals surface area contributed by atoms with Crippen LogP contribution in [0.5, 0.6) is 0 Å². The first-order valence-electron chi connectivity index (χ1n) is 11.3. The van der Waals surface area contributed by atoms with Gasteiger partial charge < -0.3 is 15.8 Å². The highest BCUT2D eigenvalue weighted by molar-refractivity contribution is 7.21. The fourth-order valence-electron chi connectivity index (χ4n) is 3.84. The van der Waals surface area contributed by atoms with Crippen molar-refractivity contribution in [2.24, 2.45) is 12.8 Å². The third-order valence-corrected chi connectivity index (χ3v) is 6.67. The molecule has 4 aromatic heterocycles. The van der Waals surface area contributed by atoms with Crippen LogP contribution in [-0.2, 0) is 24.5 Å². The monoisotopic (exact) mass is 549 g/mol. The van der Waals surface area contributed by atoms with E-state index in [9.17, 15) is 27.6 Å². The van der Waals surface area contributed by atoms with Gasteiger partial charge in [-0.05, 0) is 32.4 Å². The molecule has 0 radical (unpaired) electrons. The van der Waals surface area contributed by atoms with Crippen LogP contribution in [0.25, 0.3) is 21.3 Å². The summed E-state index contributed by atoms with van der Waals surface area (Å²) in [5.41, 5.74) is 4.90. The lowest BCUT2D eigenvalue weighted by molar-refractivity contribution is -0.140. The molecular weight excluding hydrogens is 527 g/mol. The Bertz CT molecular complexity index is 1590. The number of carbonyl (C=O) groups is 3. The number of hydrogen-bond donors (Lipinski definition) is 2. The molecule has 0 saturated carbocycles. The number of hydrogen-bond acceptors (Lipinski definition) is 8. The van der Waals surface area contributed by atoms with Gasteiger partial charge in [-0.25, -0.2) is 9.78 Å². The lowest BCUT2D eigenvalue weighted by Gasteiger charge is -2.11. The highest BCUT2D eigenvalue weighted by Gasteiger charge is 2.35. The minimum Gasteiger partial charge on any atom is -0.461 e. The van der Waals surface area contributed by atoms with Gasteiger partial charge >= 0.3 is 12.1 Å². The van der Waals surface area contributed by atoms with Gasteiger partial charge in [-0.2, -0.15) is 23.4 Å². The fraction of sp³-hybridized carbons (Fsp3) is 0.304. The van der Waals surface area contributed by atoms with Crippen LogP contribution in [-0.4, -0.2) is 48.9 Å². The Morgan fingerprint density at radius 1 is 1.16 bits per heavy atom. The zero-order valence-corrected chi connectivity index (χ0v) is 21.5. The first kappa shape index (κ1) is 26.8. The molecule has 4 heterocycles. The number of pyridine rings is 1. The standard InChI is InChI=1S/C23H22F3N7O4S/c1-5-33-9-12(10(3)30-33)11-7-15(23(24,25)26)28-21-16(11)17(18(38-21)19(27)34)29-20(35)13-8-14(32(4)31-13)22(36)37-6-2/h7-9H,5-6H2,1-4H3,(H2,27,34)(H,29,35). The van der Waals surface area contributed by atoms with E-state index < -0.39 is 29.7 Å². The van der Waals surface area contributed by atoms with Crippen molar-refractivity contribution in [3.8, 4) is 11.1 Å². The van der Waals surface area contributed by atoms with Crippen LogP contribution in [0.3, 0.4) is 0 Å². The van der Waals surface area contributed by atoms with Crippen molar-refractivity contribution < 1.29 is 32.3 Å². The predicted molar refractivity (Wildman–Crippen MR) is 132 cm³/mol. The van der Waals surface area contributed by atoms with Crippen LogP contribution in [0.15, 0.2) is 18.3 Å². The molecule has 4 rings (SSSR count). The van der Waals surface area contributed by atoms with E-state index in [2.05, 4.69) is 20.5 Å². The first-order valence-corrected chi connectivity index (χ1v) is 12.1. The molecule has 4 aromatic rings.